The molecule has 1 aromatic rings. The molecule has 25 heavy (non-hydrogen) atoms. The Morgan fingerprint density at radius 2 is 1.72 bits per heavy atom. The Labute approximate surface area is 159 Å². The second kappa shape index (κ2) is 9.15. The van der Waals surface area contributed by atoms with Crippen LogP contribution in [0, 0.1) is 0 Å². The van der Waals surface area contributed by atoms with Crippen LogP contribution in [0.2, 0.25) is 0 Å². The number of aryl methyl sites for hydroxylation is 1. The summed E-state index contributed by atoms with van der Waals surface area (Å²) in [5.74, 6) is 0.305. The van der Waals surface area contributed by atoms with E-state index in [1.807, 2.05) is 19.2 Å². The number of amides is 1. The molecule has 0 atom stereocenters. The lowest BCUT2D eigenvalue weighted by Gasteiger charge is -2.41. The van der Waals surface area contributed by atoms with Gasteiger partial charge in [0.25, 0.3) is 0 Å². The minimum absolute atomic E-state index is 0.305. The zero-order chi connectivity index (χ0) is 17.6. The number of likely N-dealkylation sites (tertiary alicyclic amines) is 2. The first-order valence-electron chi connectivity index (χ1n) is 9.45. The topological polar surface area (TPSA) is 32.8 Å². The monoisotopic (exact) mass is 408 g/mol. The molecule has 0 N–H and O–H groups in total. The number of carbonyl (C=O) groups excluding carboxylic acids is 1. The highest BCUT2D eigenvalue weighted by Gasteiger charge is 2.29. The minimum Gasteiger partial charge on any atom is -0.381 e. The van der Waals surface area contributed by atoms with Crippen molar-refractivity contribution in [2.45, 2.75) is 50.7 Å². The van der Waals surface area contributed by atoms with Crippen molar-refractivity contribution >= 4 is 21.8 Å². The normalized spacial score (nSPS) is 20.8. The van der Waals surface area contributed by atoms with E-state index in [0.29, 0.717) is 24.5 Å². The Balaban J connectivity index is 1.39. The summed E-state index contributed by atoms with van der Waals surface area (Å²) >= 11 is 3.45. The SMILES string of the molecule is COC1CCN(C2CCN(C(=O)CCc3ccc(Br)cc3)CC2)CC1. The molecular weight excluding hydrogens is 380 g/mol. The Bertz CT molecular complexity index is 547. The molecule has 0 radical (unpaired) electrons. The largest absolute Gasteiger partial charge is 0.381 e. The maximum absolute atomic E-state index is 12.5. The number of methoxy groups -OCH3 is 1. The summed E-state index contributed by atoms with van der Waals surface area (Å²) in [6.07, 6.45) is 6.40. The summed E-state index contributed by atoms with van der Waals surface area (Å²) in [7, 11) is 1.82. The summed E-state index contributed by atoms with van der Waals surface area (Å²) in [5, 5.41) is 0. The number of carbonyl (C=O) groups is 1. The standard InChI is InChI=1S/C20H29BrN2O2/c1-25-19-10-14-22(15-11-19)18-8-12-23(13-9-18)20(24)7-4-16-2-5-17(21)6-3-16/h2-3,5-6,18-19H,4,7-15H2,1H3. The molecule has 0 spiro atoms. The van der Waals surface area contributed by atoms with Gasteiger partial charge in [-0.3, -0.25) is 4.79 Å². The number of piperidine rings is 2. The van der Waals surface area contributed by atoms with Crippen LogP contribution in [0.4, 0.5) is 0 Å². The molecule has 3 rings (SSSR count). The van der Waals surface area contributed by atoms with Crippen molar-refractivity contribution in [1.29, 1.82) is 0 Å². The smallest absolute Gasteiger partial charge is 0.222 e. The van der Waals surface area contributed by atoms with E-state index in [2.05, 4.69) is 37.9 Å². The number of ether oxygens (including phenoxy) is 1. The van der Waals surface area contributed by atoms with Gasteiger partial charge in [-0.25, -0.2) is 0 Å². The van der Waals surface area contributed by atoms with Crippen LogP contribution >= 0.6 is 15.9 Å². The van der Waals surface area contributed by atoms with Crippen LogP contribution in [0.5, 0.6) is 0 Å². The molecule has 0 unspecified atom stereocenters. The Morgan fingerprint density at radius 3 is 2.32 bits per heavy atom. The fourth-order valence-electron chi connectivity index (χ4n) is 4.02. The van der Waals surface area contributed by atoms with E-state index in [4.69, 9.17) is 4.74 Å². The molecule has 0 aliphatic carbocycles. The third kappa shape index (κ3) is 5.28. The van der Waals surface area contributed by atoms with Gasteiger partial charge in [0, 0.05) is 50.2 Å². The van der Waals surface area contributed by atoms with Crippen LogP contribution in [0.15, 0.2) is 28.7 Å². The lowest BCUT2D eigenvalue weighted by Crippen LogP contribution is -2.49. The highest BCUT2D eigenvalue weighted by Crippen LogP contribution is 2.22. The first-order chi connectivity index (χ1) is 12.2. The summed E-state index contributed by atoms with van der Waals surface area (Å²) in [4.78, 5) is 17.2. The van der Waals surface area contributed by atoms with Gasteiger partial charge in [0.05, 0.1) is 6.10 Å². The summed E-state index contributed by atoms with van der Waals surface area (Å²) in [6.45, 7) is 4.10. The molecule has 0 bridgehead atoms. The highest BCUT2D eigenvalue weighted by atomic mass is 79.9. The van der Waals surface area contributed by atoms with E-state index in [9.17, 15) is 4.79 Å². The fourth-order valence-corrected chi connectivity index (χ4v) is 4.28. The zero-order valence-electron chi connectivity index (χ0n) is 15.1. The molecule has 1 amide bonds. The molecule has 0 aromatic heterocycles. The highest BCUT2D eigenvalue weighted by molar-refractivity contribution is 9.10. The first-order valence-corrected chi connectivity index (χ1v) is 10.2. The van der Waals surface area contributed by atoms with E-state index in [1.54, 1.807) is 0 Å². The van der Waals surface area contributed by atoms with Gasteiger partial charge in [-0.1, -0.05) is 28.1 Å². The quantitative estimate of drug-likeness (QED) is 0.747. The molecule has 2 heterocycles. The summed E-state index contributed by atoms with van der Waals surface area (Å²) in [6, 6.07) is 8.91. The van der Waals surface area contributed by atoms with Crippen molar-refractivity contribution < 1.29 is 9.53 Å². The fraction of sp³-hybridized carbons (Fsp3) is 0.650. The van der Waals surface area contributed by atoms with Crippen molar-refractivity contribution in [2.24, 2.45) is 0 Å². The number of hydrogen-bond donors (Lipinski definition) is 0. The average Bonchev–Trinajstić information content (AvgIpc) is 2.67. The summed E-state index contributed by atoms with van der Waals surface area (Å²) in [5.41, 5.74) is 1.23. The Kier molecular flexibility index (Phi) is 6.91. The number of halogens is 1. The summed E-state index contributed by atoms with van der Waals surface area (Å²) < 4.78 is 6.55. The van der Waals surface area contributed by atoms with Crippen molar-refractivity contribution in [3.05, 3.63) is 34.3 Å². The average molecular weight is 409 g/mol. The van der Waals surface area contributed by atoms with Crippen LogP contribution in [0.3, 0.4) is 0 Å². The van der Waals surface area contributed by atoms with Gasteiger partial charge in [0.2, 0.25) is 5.91 Å². The number of benzene rings is 1. The maximum Gasteiger partial charge on any atom is 0.222 e. The van der Waals surface area contributed by atoms with Crippen LogP contribution < -0.4 is 0 Å². The third-order valence-electron chi connectivity index (χ3n) is 5.68. The van der Waals surface area contributed by atoms with Gasteiger partial charge in [-0.05, 0) is 49.8 Å². The van der Waals surface area contributed by atoms with Crippen LogP contribution in [-0.4, -0.2) is 61.1 Å². The third-order valence-corrected chi connectivity index (χ3v) is 6.21. The Hall–Kier alpha value is -0.910. The van der Waals surface area contributed by atoms with Crippen molar-refractivity contribution in [3.8, 4) is 0 Å². The predicted molar refractivity (Wildman–Crippen MR) is 104 cm³/mol. The molecule has 4 nitrogen and oxygen atoms in total. The number of nitrogens with zero attached hydrogens (tertiary/aromatic N) is 2. The van der Waals surface area contributed by atoms with Gasteiger partial charge in [-0.15, -0.1) is 0 Å². The van der Waals surface area contributed by atoms with Gasteiger partial charge < -0.3 is 14.5 Å². The molecule has 0 saturated carbocycles. The lowest BCUT2D eigenvalue weighted by atomic mass is 9.98. The maximum atomic E-state index is 12.5. The molecule has 5 heteroatoms. The van der Waals surface area contributed by atoms with E-state index >= 15 is 0 Å². The molecule has 138 valence electrons. The van der Waals surface area contributed by atoms with E-state index < -0.39 is 0 Å². The molecule has 2 fully saturated rings. The second-order valence-corrected chi connectivity index (χ2v) is 8.13. The van der Waals surface area contributed by atoms with Crippen LogP contribution in [0.25, 0.3) is 0 Å². The van der Waals surface area contributed by atoms with E-state index in [0.717, 1.165) is 62.8 Å². The number of hydrogen-bond acceptors (Lipinski definition) is 3. The molecular formula is C20H29BrN2O2. The van der Waals surface area contributed by atoms with E-state index in [1.165, 1.54) is 5.56 Å². The molecule has 2 aliphatic heterocycles. The molecule has 2 saturated heterocycles. The molecule has 2 aliphatic rings. The van der Waals surface area contributed by atoms with Crippen molar-refractivity contribution in [2.75, 3.05) is 33.3 Å². The van der Waals surface area contributed by atoms with Gasteiger partial charge in [0.15, 0.2) is 0 Å². The second-order valence-electron chi connectivity index (χ2n) is 7.21. The van der Waals surface area contributed by atoms with Crippen molar-refractivity contribution in [3.63, 3.8) is 0 Å². The first kappa shape index (κ1) is 18.9. The predicted octanol–water partition coefficient (Wildman–Crippen LogP) is 3.48. The number of rotatable bonds is 5. The minimum atomic E-state index is 0.305. The van der Waals surface area contributed by atoms with Crippen LogP contribution in [0.1, 0.15) is 37.7 Å². The molecule has 1 aromatic carbocycles. The van der Waals surface area contributed by atoms with Crippen LogP contribution in [-0.2, 0) is 16.0 Å². The van der Waals surface area contributed by atoms with E-state index in [-0.39, 0.29) is 0 Å². The van der Waals surface area contributed by atoms with Gasteiger partial charge >= 0.3 is 0 Å². The van der Waals surface area contributed by atoms with Crippen molar-refractivity contribution in [1.82, 2.24) is 9.80 Å². The Morgan fingerprint density at radius 1 is 1.08 bits per heavy atom. The van der Waals surface area contributed by atoms with Gasteiger partial charge in [0.1, 0.15) is 0 Å². The zero-order valence-corrected chi connectivity index (χ0v) is 16.7. The lowest BCUT2D eigenvalue weighted by molar-refractivity contribution is -0.132. The van der Waals surface area contributed by atoms with Gasteiger partial charge in [-0.2, -0.15) is 0 Å².